The second-order valence-electron chi connectivity index (χ2n) is 5.05. The van der Waals surface area contributed by atoms with E-state index >= 15 is 0 Å². The lowest BCUT2D eigenvalue weighted by Crippen LogP contribution is -2.26. The van der Waals surface area contributed by atoms with E-state index in [0.29, 0.717) is 18.5 Å². The summed E-state index contributed by atoms with van der Waals surface area (Å²) in [6.45, 7) is 2.21. The molecule has 0 aromatic heterocycles. The van der Waals surface area contributed by atoms with Crippen molar-refractivity contribution in [1.29, 1.82) is 0 Å². The number of benzene rings is 1. The third-order valence-electron chi connectivity index (χ3n) is 3.47. The first kappa shape index (κ1) is 16.1. The molecular formula is C13H16F3NO3S. The van der Waals surface area contributed by atoms with Crippen LogP contribution >= 0.6 is 0 Å². The molecule has 0 radical (unpaired) electrons. The number of rotatable bonds is 2. The molecule has 1 fully saturated rings. The predicted molar refractivity (Wildman–Crippen MR) is 71.7 cm³/mol. The molecule has 0 spiro atoms. The maximum atomic E-state index is 12.1. The Kier molecular flexibility index (Phi) is 4.48. The number of alkyl halides is 3. The molecule has 1 aromatic carbocycles. The van der Waals surface area contributed by atoms with E-state index in [1.54, 1.807) is 6.92 Å². The Bertz CT molecular complexity index is 584. The zero-order valence-corrected chi connectivity index (χ0v) is 12.2. The van der Waals surface area contributed by atoms with Gasteiger partial charge in [-0.05, 0) is 37.6 Å². The molecule has 118 valence electrons. The molecule has 1 aromatic rings. The maximum absolute atomic E-state index is 12.1. The van der Waals surface area contributed by atoms with E-state index in [1.165, 1.54) is 24.3 Å². The van der Waals surface area contributed by atoms with E-state index in [9.17, 15) is 21.6 Å². The van der Waals surface area contributed by atoms with E-state index < -0.39 is 27.5 Å². The van der Waals surface area contributed by atoms with Crippen molar-refractivity contribution in [2.75, 3.05) is 12.3 Å². The summed E-state index contributed by atoms with van der Waals surface area (Å²) in [4.78, 5) is 0. The standard InChI is InChI=1S/C13H16F3NO3S/c1-9-6-7-17-12(8-21(9,18)19)10-2-4-11(5-3-10)20-13(14,15)16/h2-5,9,12,17H,6-8H2,1H3. The van der Waals surface area contributed by atoms with Crippen molar-refractivity contribution in [3.8, 4) is 5.75 Å². The van der Waals surface area contributed by atoms with Crippen LogP contribution in [0.3, 0.4) is 0 Å². The molecule has 21 heavy (non-hydrogen) atoms. The van der Waals surface area contributed by atoms with Crippen LogP contribution in [0.25, 0.3) is 0 Å². The van der Waals surface area contributed by atoms with Gasteiger partial charge >= 0.3 is 6.36 Å². The topological polar surface area (TPSA) is 55.4 Å². The van der Waals surface area contributed by atoms with E-state index in [4.69, 9.17) is 0 Å². The summed E-state index contributed by atoms with van der Waals surface area (Å²) < 4.78 is 64.1. The summed E-state index contributed by atoms with van der Waals surface area (Å²) >= 11 is 0. The molecule has 1 heterocycles. The van der Waals surface area contributed by atoms with Crippen molar-refractivity contribution in [2.24, 2.45) is 0 Å². The highest BCUT2D eigenvalue weighted by atomic mass is 32.2. The van der Waals surface area contributed by atoms with Gasteiger partial charge in [-0.25, -0.2) is 8.42 Å². The predicted octanol–water partition coefficient (Wildman–Crippen LogP) is 2.42. The quantitative estimate of drug-likeness (QED) is 0.908. The second kappa shape index (κ2) is 5.84. The summed E-state index contributed by atoms with van der Waals surface area (Å²) in [5, 5.41) is 2.70. The summed E-state index contributed by atoms with van der Waals surface area (Å²) in [7, 11) is -3.21. The minimum absolute atomic E-state index is 0.0619. The van der Waals surface area contributed by atoms with Crippen molar-refractivity contribution in [3.05, 3.63) is 29.8 Å². The highest BCUT2D eigenvalue weighted by Crippen LogP contribution is 2.26. The first-order valence-corrected chi connectivity index (χ1v) is 8.19. The largest absolute Gasteiger partial charge is 0.573 e. The number of hydrogen-bond donors (Lipinski definition) is 1. The van der Waals surface area contributed by atoms with Gasteiger partial charge in [0, 0.05) is 6.04 Å². The summed E-state index contributed by atoms with van der Waals surface area (Å²) in [5.41, 5.74) is 0.627. The van der Waals surface area contributed by atoms with Crippen LogP contribution in [0, 0.1) is 0 Å². The first-order chi connectivity index (χ1) is 9.67. The van der Waals surface area contributed by atoms with E-state index in [1.807, 2.05) is 0 Å². The minimum Gasteiger partial charge on any atom is -0.406 e. The van der Waals surface area contributed by atoms with Gasteiger partial charge in [-0.2, -0.15) is 0 Å². The molecule has 4 nitrogen and oxygen atoms in total. The van der Waals surface area contributed by atoms with E-state index in [-0.39, 0.29) is 11.5 Å². The molecule has 0 amide bonds. The second-order valence-corrected chi connectivity index (χ2v) is 7.52. The lowest BCUT2D eigenvalue weighted by Gasteiger charge is -2.17. The summed E-state index contributed by atoms with van der Waals surface area (Å²) in [6.07, 6.45) is -4.21. The van der Waals surface area contributed by atoms with Crippen LogP contribution in [-0.4, -0.2) is 32.3 Å². The molecule has 2 atom stereocenters. The van der Waals surface area contributed by atoms with Gasteiger partial charge in [0.1, 0.15) is 5.75 Å². The molecule has 0 bridgehead atoms. The third kappa shape index (κ3) is 4.34. The van der Waals surface area contributed by atoms with Crippen molar-refractivity contribution in [2.45, 2.75) is 31.0 Å². The summed E-state index contributed by atoms with van der Waals surface area (Å²) in [6, 6.07) is 4.85. The van der Waals surface area contributed by atoms with Gasteiger partial charge in [-0.15, -0.1) is 13.2 Å². The molecular weight excluding hydrogens is 307 g/mol. The first-order valence-electron chi connectivity index (χ1n) is 6.48. The number of nitrogens with one attached hydrogen (secondary N) is 1. The van der Waals surface area contributed by atoms with Crippen LogP contribution in [0.1, 0.15) is 24.9 Å². The Hall–Kier alpha value is -1.28. The fourth-order valence-corrected chi connectivity index (χ4v) is 3.79. The van der Waals surface area contributed by atoms with Crippen LogP contribution in [0.15, 0.2) is 24.3 Å². The van der Waals surface area contributed by atoms with Crippen LogP contribution < -0.4 is 10.1 Å². The van der Waals surface area contributed by atoms with Crippen molar-refractivity contribution in [3.63, 3.8) is 0 Å². The average Bonchev–Trinajstić information content (AvgIpc) is 2.48. The lowest BCUT2D eigenvalue weighted by molar-refractivity contribution is -0.274. The number of hydrogen-bond acceptors (Lipinski definition) is 4. The SMILES string of the molecule is CC1CCNC(c2ccc(OC(F)(F)F)cc2)CS1(=O)=O. The van der Waals surface area contributed by atoms with Crippen molar-refractivity contribution >= 4 is 9.84 Å². The average molecular weight is 323 g/mol. The molecule has 8 heteroatoms. The highest BCUT2D eigenvalue weighted by Gasteiger charge is 2.32. The Balaban J connectivity index is 2.15. The fraction of sp³-hybridized carbons (Fsp3) is 0.538. The number of sulfone groups is 1. The highest BCUT2D eigenvalue weighted by molar-refractivity contribution is 7.92. The van der Waals surface area contributed by atoms with E-state index in [0.717, 1.165) is 0 Å². The van der Waals surface area contributed by atoms with Gasteiger partial charge in [-0.3, -0.25) is 0 Å². The monoisotopic (exact) mass is 323 g/mol. The van der Waals surface area contributed by atoms with Gasteiger partial charge in [0.2, 0.25) is 0 Å². The van der Waals surface area contributed by atoms with Crippen LogP contribution in [0.2, 0.25) is 0 Å². The van der Waals surface area contributed by atoms with Gasteiger partial charge < -0.3 is 10.1 Å². The van der Waals surface area contributed by atoms with E-state index in [2.05, 4.69) is 10.1 Å². The molecule has 1 saturated heterocycles. The zero-order valence-electron chi connectivity index (χ0n) is 11.4. The molecule has 1 aliphatic rings. The van der Waals surface area contributed by atoms with Crippen LogP contribution in [0.4, 0.5) is 13.2 Å². The van der Waals surface area contributed by atoms with Crippen molar-refractivity contribution in [1.82, 2.24) is 5.32 Å². The van der Waals surface area contributed by atoms with Gasteiger partial charge in [0.05, 0.1) is 11.0 Å². The molecule has 2 unspecified atom stereocenters. The number of ether oxygens (including phenoxy) is 1. The Morgan fingerprint density at radius 1 is 1.24 bits per heavy atom. The molecule has 2 rings (SSSR count). The van der Waals surface area contributed by atoms with Crippen molar-refractivity contribution < 1.29 is 26.3 Å². The molecule has 0 aliphatic carbocycles. The summed E-state index contributed by atoms with van der Waals surface area (Å²) in [5.74, 6) is -0.385. The van der Waals surface area contributed by atoms with Gasteiger partial charge in [0.15, 0.2) is 9.84 Å². The molecule has 1 aliphatic heterocycles. The van der Waals surface area contributed by atoms with Crippen LogP contribution in [-0.2, 0) is 9.84 Å². The lowest BCUT2D eigenvalue weighted by atomic mass is 10.1. The fourth-order valence-electron chi connectivity index (χ4n) is 2.21. The Morgan fingerprint density at radius 2 is 1.86 bits per heavy atom. The molecule has 0 saturated carbocycles. The molecule has 1 N–H and O–H groups in total. The van der Waals surface area contributed by atoms with Gasteiger partial charge in [0.25, 0.3) is 0 Å². The van der Waals surface area contributed by atoms with Gasteiger partial charge in [-0.1, -0.05) is 12.1 Å². The number of halogens is 3. The van der Waals surface area contributed by atoms with Crippen LogP contribution in [0.5, 0.6) is 5.75 Å². The Morgan fingerprint density at radius 3 is 2.43 bits per heavy atom. The smallest absolute Gasteiger partial charge is 0.406 e. The normalized spacial score (nSPS) is 26.1. The zero-order chi connectivity index (χ0) is 15.7. The minimum atomic E-state index is -4.74. The maximum Gasteiger partial charge on any atom is 0.573 e. The third-order valence-corrected chi connectivity index (χ3v) is 5.73. The Labute approximate surface area is 121 Å².